The Labute approximate surface area is 96.9 Å². The Hall–Kier alpha value is -1.16. The minimum Gasteiger partial charge on any atom is -0.355 e. The first kappa shape index (κ1) is 11.3. The van der Waals surface area contributed by atoms with E-state index in [0.717, 1.165) is 24.6 Å². The molecule has 2 rings (SSSR count). The number of hydrogen-bond acceptors (Lipinski definition) is 4. The summed E-state index contributed by atoms with van der Waals surface area (Å²) < 4.78 is 0. The Bertz CT molecular complexity index is 351. The number of nitrogens with zero attached hydrogens (tertiary/aromatic N) is 3. The zero-order valence-electron chi connectivity index (χ0n) is 10.1. The van der Waals surface area contributed by atoms with E-state index >= 15 is 0 Å². The molecule has 0 saturated carbocycles. The summed E-state index contributed by atoms with van der Waals surface area (Å²) in [4.78, 5) is 11.0. The van der Waals surface area contributed by atoms with E-state index in [1.165, 1.54) is 12.8 Å². The number of rotatable bonds is 2. The number of piperidine rings is 1. The minimum atomic E-state index is 0.264. The third kappa shape index (κ3) is 2.32. The predicted octanol–water partition coefficient (Wildman–Crippen LogP) is 1.35. The molecule has 0 spiro atoms. The third-order valence-corrected chi connectivity index (χ3v) is 3.36. The minimum absolute atomic E-state index is 0.264. The maximum absolute atomic E-state index is 5.98. The van der Waals surface area contributed by atoms with Gasteiger partial charge in [-0.1, -0.05) is 0 Å². The third-order valence-electron chi connectivity index (χ3n) is 3.36. The van der Waals surface area contributed by atoms with E-state index in [-0.39, 0.29) is 6.04 Å². The molecule has 4 nitrogen and oxygen atoms in total. The summed E-state index contributed by atoms with van der Waals surface area (Å²) in [5.41, 5.74) is 6.99. The van der Waals surface area contributed by atoms with Crippen molar-refractivity contribution in [2.24, 2.45) is 11.7 Å². The van der Waals surface area contributed by atoms with Crippen LogP contribution >= 0.6 is 0 Å². The molecular formula is C12H20N4. The van der Waals surface area contributed by atoms with Crippen molar-refractivity contribution in [2.45, 2.75) is 32.7 Å². The summed E-state index contributed by atoms with van der Waals surface area (Å²) in [5, 5.41) is 0. The zero-order chi connectivity index (χ0) is 11.5. The van der Waals surface area contributed by atoms with Crippen molar-refractivity contribution in [1.29, 1.82) is 0 Å². The Morgan fingerprint density at radius 2 is 2.19 bits per heavy atom. The smallest absolute Gasteiger partial charge is 0.150 e. The second-order valence-electron chi connectivity index (χ2n) is 4.67. The van der Waals surface area contributed by atoms with Crippen LogP contribution in [0.2, 0.25) is 0 Å². The first-order chi connectivity index (χ1) is 7.68. The highest BCUT2D eigenvalue weighted by atomic mass is 15.2. The molecule has 0 aromatic carbocycles. The molecular weight excluding hydrogens is 200 g/mol. The Kier molecular flexibility index (Phi) is 3.39. The molecule has 1 aromatic rings. The van der Waals surface area contributed by atoms with Crippen LogP contribution in [-0.4, -0.2) is 29.1 Å². The molecule has 16 heavy (non-hydrogen) atoms. The second kappa shape index (κ2) is 4.78. The van der Waals surface area contributed by atoms with Gasteiger partial charge >= 0.3 is 0 Å². The van der Waals surface area contributed by atoms with E-state index in [0.29, 0.717) is 5.92 Å². The van der Waals surface area contributed by atoms with E-state index in [2.05, 4.69) is 21.8 Å². The highest BCUT2D eigenvalue weighted by Gasteiger charge is 2.24. The number of aryl methyl sites for hydroxylation is 1. The maximum Gasteiger partial charge on any atom is 0.150 e. The van der Waals surface area contributed by atoms with Crippen LogP contribution in [-0.2, 0) is 0 Å². The van der Waals surface area contributed by atoms with Crippen LogP contribution in [0.4, 0.5) is 5.82 Å². The van der Waals surface area contributed by atoms with Gasteiger partial charge in [0.25, 0.3) is 0 Å². The zero-order valence-corrected chi connectivity index (χ0v) is 10.1. The Morgan fingerprint density at radius 3 is 2.88 bits per heavy atom. The van der Waals surface area contributed by atoms with Crippen molar-refractivity contribution in [3.05, 3.63) is 18.1 Å². The Morgan fingerprint density at radius 1 is 1.44 bits per heavy atom. The van der Waals surface area contributed by atoms with E-state index in [4.69, 9.17) is 5.73 Å². The monoisotopic (exact) mass is 220 g/mol. The molecule has 1 aromatic heterocycles. The van der Waals surface area contributed by atoms with Gasteiger partial charge in [-0.2, -0.15) is 0 Å². The van der Waals surface area contributed by atoms with Crippen LogP contribution in [0.1, 0.15) is 25.5 Å². The van der Waals surface area contributed by atoms with Gasteiger partial charge in [0.15, 0.2) is 0 Å². The quantitative estimate of drug-likeness (QED) is 0.817. The van der Waals surface area contributed by atoms with Gasteiger partial charge in [-0.05, 0) is 32.6 Å². The van der Waals surface area contributed by atoms with Crippen molar-refractivity contribution in [3.63, 3.8) is 0 Å². The van der Waals surface area contributed by atoms with Gasteiger partial charge in [-0.25, -0.2) is 4.98 Å². The first-order valence-electron chi connectivity index (χ1n) is 5.96. The van der Waals surface area contributed by atoms with Gasteiger partial charge in [-0.15, -0.1) is 0 Å². The standard InChI is InChI=1S/C12H20N4/c1-9(13)11-4-3-7-16(8-11)12-10(2)14-5-6-15-12/h5-6,9,11H,3-4,7-8,13H2,1-2H3. The van der Waals surface area contributed by atoms with Crippen molar-refractivity contribution in [2.75, 3.05) is 18.0 Å². The van der Waals surface area contributed by atoms with E-state index < -0.39 is 0 Å². The molecule has 2 N–H and O–H groups in total. The molecule has 1 aliphatic rings. The summed E-state index contributed by atoms with van der Waals surface area (Å²) in [6.45, 7) is 6.19. The van der Waals surface area contributed by atoms with E-state index in [9.17, 15) is 0 Å². The molecule has 1 fully saturated rings. The molecule has 0 aliphatic carbocycles. The van der Waals surface area contributed by atoms with Crippen LogP contribution in [0, 0.1) is 12.8 Å². The van der Waals surface area contributed by atoms with Crippen molar-refractivity contribution in [1.82, 2.24) is 9.97 Å². The number of aromatic nitrogens is 2. The fraction of sp³-hybridized carbons (Fsp3) is 0.667. The van der Waals surface area contributed by atoms with Crippen LogP contribution in [0.25, 0.3) is 0 Å². The molecule has 0 amide bonds. The van der Waals surface area contributed by atoms with E-state index in [1.807, 2.05) is 6.92 Å². The van der Waals surface area contributed by atoms with E-state index in [1.54, 1.807) is 12.4 Å². The van der Waals surface area contributed by atoms with Gasteiger partial charge in [0.05, 0.1) is 5.69 Å². The number of hydrogen-bond donors (Lipinski definition) is 1. The average Bonchev–Trinajstić information content (AvgIpc) is 2.30. The summed E-state index contributed by atoms with van der Waals surface area (Å²) in [6, 6.07) is 0.264. The highest BCUT2D eigenvalue weighted by Crippen LogP contribution is 2.24. The molecule has 2 heterocycles. The summed E-state index contributed by atoms with van der Waals surface area (Å²) in [5.74, 6) is 1.60. The lowest BCUT2D eigenvalue weighted by molar-refractivity contribution is 0.363. The van der Waals surface area contributed by atoms with Crippen LogP contribution in [0.3, 0.4) is 0 Å². The lowest BCUT2D eigenvalue weighted by Crippen LogP contribution is -2.43. The second-order valence-corrected chi connectivity index (χ2v) is 4.67. The van der Waals surface area contributed by atoms with Crippen LogP contribution in [0.15, 0.2) is 12.4 Å². The largest absolute Gasteiger partial charge is 0.355 e. The van der Waals surface area contributed by atoms with Gasteiger partial charge in [0, 0.05) is 31.5 Å². The van der Waals surface area contributed by atoms with Gasteiger partial charge in [-0.3, -0.25) is 4.98 Å². The molecule has 1 aliphatic heterocycles. The molecule has 0 radical (unpaired) electrons. The van der Waals surface area contributed by atoms with Gasteiger partial charge in [0.2, 0.25) is 0 Å². The summed E-state index contributed by atoms with van der Waals surface area (Å²) in [7, 11) is 0. The van der Waals surface area contributed by atoms with Crippen molar-refractivity contribution in [3.8, 4) is 0 Å². The van der Waals surface area contributed by atoms with Gasteiger partial charge < -0.3 is 10.6 Å². The highest BCUT2D eigenvalue weighted by molar-refractivity contribution is 5.42. The summed E-state index contributed by atoms with van der Waals surface area (Å²) in [6.07, 6.45) is 5.93. The maximum atomic E-state index is 5.98. The molecule has 1 saturated heterocycles. The van der Waals surface area contributed by atoms with Crippen LogP contribution in [0.5, 0.6) is 0 Å². The molecule has 88 valence electrons. The Balaban J connectivity index is 2.13. The van der Waals surface area contributed by atoms with Crippen molar-refractivity contribution < 1.29 is 0 Å². The summed E-state index contributed by atoms with van der Waals surface area (Å²) >= 11 is 0. The number of anilines is 1. The lowest BCUT2D eigenvalue weighted by Gasteiger charge is -2.35. The first-order valence-corrected chi connectivity index (χ1v) is 5.96. The molecule has 4 heteroatoms. The van der Waals surface area contributed by atoms with Gasteiger partial charge in [0.1, 0.15) is 5.82 Å². The fourth-order valence-corrected chi connectivity index (χ4v) is 2.34. The topological polar surface area (TPSA) is 55.0 Å². The molecule has 0 bridgehead atoms. The van der Waals surface area contributed by atoms with Crippen molar-refractivity contribution >= 4 is 5.82 Å². The fourth-order valence-electron chi connectivity index (χ4n) is 2.34. The molecule has 2 atom stereocenters. The number of nitrogens with two attached hydrogens (primary N) is 1. The predicted molar refractivity (Wildman–Crippen MR) is 65.4 cm³/mol. The van der Waals surface area contributed by atoms with Crippen LogP contribution < -0.4 is 10.6 Å². The lowest BCUT2D eigenvalue weighted by atomic mass is 9.92. The normalized spacial score (nSPS) is 23.2. The SMILES string of the molecule is Cc1nccnc1N1CCCC(C(C)N)C1. The molecule has 2 unspecified atom stereocenters. The average molecular weight is 220 g/mol.